The average Bonchev–Trinajstić information content (AvgIpc) is 2.16. The average molecular weight is 293 g/mol. The van der Waals surface area contributed by atoms with Crippen molar-refractivity contribution in [3.05, 3.63) is 0 Å². The van der Waals surface area contributed by atoms with Crippen LogP contribution in [0.4, 0.5) is 0 Å². The van der Waals surface area contributed by atoms with E-state index in [0.29, 0.717) is 0 Å². The van der Waals surface area contributed by atoms with Crippen molar-refractivity contribution in [2.24, 2.45) is 0 Å². The Hall–Kier alpha value is 0.818. The Kier molecular flexibility index (Phi) is 13.6. The Morgan fingerprint density at radius 1 is 0.615 bits per heavy atom. The molecule has 0 unspecified atom stereocenters. The van der Waals surface area contributed by atoms with Gasteiger partial charge >= 0.3 is 98.5 Å². The fourth-order valence-electron chi connectivity index (χ4n) is 1.63. The van der Waals surface area contributed by atoms with Crippen LogP contribution < -0.4 is 0 Å². The van der Waals surface area contributed by atoms with E-state index >= 15 is 0 Å². The molecule has 13 heavy (non-hydrogen) atoms. The molecular formula is C12H27Sb. The molecule has 1 heteroatoms. The summed E-state index contributed by atoms with van der Waals surface area (Å²) in [5.74, 6) is 0. The predicted octanol–water partition coefficient (Wildman–Crippen LogP) is 3.96. The second kappa shape index (κ2) is 12.8. The summed E-state index contributed by atoms with van der Waals surface area (Å²) in [5, 5.41) is 0. The Balaban J connectivity index is 2.76. The van der Waals surface area contributed by atoms with Crippen molar-refractivity contribution in [3.63, 3.8) is 0 Å². The van der Waals surface area contributed by atoms with Crippen molar-refractivity contribution >= 4 is 23.0 Å². The molecule has 0 aromatic carbocycles. The molecule has 0 aliphatic heterocycles. The van der Waals surface area contributed by atoms with Crippen LogP contribution in [0.3, 0.4) is 0 Å². The maximum absolute atomic E-state index is 2.29. The molecule has 0 bridgehead atoms. The first-order valence-corrected chi connectivity index (χ1v) is 8.45. The first-order chi connectivity index (χ1) is 6.41. The normalized spacial score (nSPS) is 10.6. The van der Waals surface area contributed by atoms with Gasteiger partial charge in [-0.15, -0.1) is 0 Å². The molecule has 0 saturated carbocycles. The second-order valence-corrected chi connectivity index (χ2v) is 5.62. The third kappa shape index (κ3) is 12.8. The van der Waals surface area contributed by atoms with Gasteiger partial charge in [-0.05, 0) is 0 Å². The van der Waals surface area contributed by atoms with E-state index in [1.54, 1.807) is 0 Å². The van der Waals surface area contributed by atoms with E-state index in [1.807, 2.05) is 0 Å². The van der Waals surface area contributed by atoms with Gasteiger partial charge in [0.1, 0.15) is 0 Å². The van der Waals surface area contributed by atoms with Gasteiger partial charge in [-0.2, -0.15) is 0 Å². The molecule has 0 aromatic heterocycles. The van der Waals surface area contributed by atoms with E-state index in [0.717, 1.165) is 0 Å². The number of rotatable bonds is 10. The monoisotopic (exact) mass is 292 g/mol. The fraction of sp³-hybridized carbons (Fsp3) is 1.00. The summed E-state index contributed by atoms with van der Waals surface area (Å²) in [6, 6.07) is 0. The quantitative estimate of drug-likeness (QED) is 0.422. The van der Waals surface area contributed by atoms with Gasteiger partial charge in [-0.3, -0.25) is 0 Å². The molecule has 0 N–H and O–H groups in total. The Bertz CT molecular complexity index is 71.2. The zero-order valence-electron chi connectivity index (χ0n) is 9.36. The molecule has 0 saturated heterocycles. The van der Waals surface area contributed by atoms with Crippen LogP contribution >= 0.6 is 0 Å². The summed E-state index contributed by atoms with van der Waals surface area (Å²) < 4.78 is 1.50. The summed E-state index contributed by atoms with van der Waals surface area (Å²) in [7, 11) is 0. The molecule has 0 heterocycles. The number of hydrogen-bond acceptors (Lipinski definition) is 0. The van der Waals surface area contributed by atoms with Crippen LogP contribution in [0.2, 0.25) is 4.37 Å². The van der Waals surface area contributed by atoms with Gasteiger partial charge in [0.2, 0.25) is 0 Å². The maximum atomic E-state index is 2.29. The van der Waals surface area contributed by atoms with E-state index in [2.05, 4.69) is 6.92 Å². The topological polar surface area (TPSA) is 0 Å². The first-order valence-electron chi connectivity index (χ1n) is 6.12. The summed E-state index contributed by atoms with van der Waals surface area (Å²) in [6.07, 6.45) is 14.7. The van der Waals surface area contributed by atoms with E-state index in [4.69, 9.17) is 0 Å². The molecular weight excluding hydrogens is 266 g/mol. The van der Waals surface area contributed by atoms with Gasteiger partial charge in [-0.1, -0.05) is 0 Å². The molecule has 0 atom stereocenters. The third-order valence-electron chi connectivity index (χ3n) is 2.56. The minimum absolute atomic E-state index is 1.38. The standard InChI is InChI=1S/C12H25.Sb.2H/c1-3-5-7-9-11-12-10-8-6-4-2;;;/h1,3-12H2,2H3;;;. The molecule has 0 radical (unpaired) electrons. The molecule has 0 nitrogen and oxygen atoms in total. The first kappa shape index (κ1) is 13.8. The van der Waals surface area contributed by atoms with E-state index in [-0.39, 0.29) is 0 Å². The van der Waals surface area contributed by atoms with E-state index in [9.17, 15) is 0 Å². The van der Waals surface area contributed by atoms with Crippen LogP contribution in [0.15, 0.2) is 0 Å². The van der Waals surface area contributed by atoms with Crippen molar-refractivity contribution < 1.29 is 0 Å². The molecule has 0 aromatic rings. The molecule has 0 amide bonds. The van der Waals surface area contributed by atoms with Crippen LogP contribution in [0.25, 0.3) is 0 Å². The molecule has 0 fully saturated rings. The van der Waals surface area contributed by atoms with Crippen LogP contribution in [0, 0.1) is 0 Å². The van der Waals surface area contributed by atoms with Gasteiger partial charge < -0.3 is 0 Å². The second-order valence-electron chi connectivity index (χ2n) is 3.97. The Morgan fingerprint density at radius 3 is 1.38 bits per heavy atom. The van der Waals surface area contributed by atoms with Crippen molar-refractivity contribution in [3.8, 4) is 0 Å². The van der Waals surface area contributed by atoms with Gasteiger partial charge in [0.15, 0.2) is 0 Å². The van der Waals surface area contributed by atoms with E-state index < -0.39 is 0 Å². The fourth-order valence-corrected chi connectivity index (χ4v) is 2.46. The minimum atomic E-state index is 1.38. The molecule has 0 aliphatic carbocycles. The molecule has 0 aliphatic rings. The molecule has 80 valence electrons. The van der Waals surface area contributed by atoms with Crippen LogP contribution in [-0.2, 0) is 0 Å². The van der Waals surface area contributed by atoms with Crippen LogP contribution in [0.1, 0.15) is 71.1 Å². The zero-order valence-corrected chi connectivity index (χ0v) is 12.7. The van der Waals surface area contributed by atoms with Crippen molar-refractivity contribution in [1.82, 2.24) is 0 Å². The number of unbranched alkanes of at least 4 members (excludes halogenated alkanes) is 9. The third-order valence-corrected chi connectivity index (χ3v) is 3.72. The molecule has 0 spiro atoms. The Labute approximate surface area is 98.4 Å². The summed E-state index contributed by atoms with van der Waals surface area (Å²) in [6.45, 7) is 2.29. The van der Waals surface area contributed by atoms with Crippen LogP contribution in [0.5, 0.6) is 0 Å². The van der Waals surface area contributed by atoms with Crippen LogP contribution in [-0.4, -0.2) is 23.0 Å². The van der Waals surface area contributed by atoms with Crippen molar-refractivity contribution in [2.75, 3.05) is 0 Å². The summed E-state index contributed by atoms with van der Waals surface area (Å²) in [4.78, 5) is 0. The van der Waals surface area contributed by atoms with Gasteiger partial charge in [-0.25, -0.2) is 0 Å². The SMILES string of the molecule is CCCCCCCCCCC[CH2][SbH2]. The van der Waals surface area contributed by atoms with Gasteiger partial charge in [0, 0.05) is 0 Å². The Morgan fingerprint density at radius 2 is 1.00 bits per heavy atom. The summed E-state index contributed by atoms with van der Waals surface area (Å²) in [5.41, 5.74) is 0. The van der Waals surface area contributed by atoms with Gasteiger partial charge in [0.25, 0.3) is 0 Å². The zero-order chi connectivity index (χ0) is 9.78. The molecule has 0 rings (SSSR count). The summed E-state index contributed by atoms with van der Waals surface area (Å²) >= 11 is 1.47. The van der Waals surface area contributed by atoms with Crippen molar-refractivity contribution in [2.45, 2.75) is 75.5 Å². The predicted molar refractivity (Wildman–Crippen MR) is 65.2 cm³/mol. The number of hydrogen-bond donors (Lipinski definition) is 0. The van der Waals surface area contributed by atoms with Crippen molar-refractivity contribution in [1.29, 1.82) is 0 Å². The van der Waals surface area contributed by atoms with E-state index in [1.165, 1.54) is 91.6 Å². The van der Waals surface area contributed by atoms with Gasteiger partial charge in [0.05, 0.1) is 0 Å².